The predicted octanol–water partition coefficient (Wildman–Crippen LogP) is 1.91. The lowest BCUT2D eigenvalue weighted by Crippen LogP contribution is -2.50. The lowest BCUT2D eigenvalue weighted by Gasteiger charge is -2.42. The number of piperidine rings is 2. The van der Waals surface area contributed by atoms with Crippen LogP contribution in [-0.2, 0) is 16.1 Å². The first kappa shape index (κ1) is 20.2. The number of nitrogens with one attached hydrogen (secondary N) is 1. The summed E-state index contributed by atoms with van der Waals surface area (Å²) >= 11 is 0. The molecule has 3 rings (SSSR count). The van der Waals surface area contributed by atoms with Gasteiger partial charge in [0, 0.05) is 39.0 Å². The van der Waals surface area contributed by atoms with Gasteiger partial charge in [0.25, 0.3) is 0 Å². The number of ether oxygens (including phenoxy) is 1. The molecule has 1 N–H and O–H groups in total. The van der Waals surface area contributed by atoms with Gasteiger partial charge in [0.15, 0.2) is 0 Å². The summed E-state index contributed by atoms with van der Waals surface area (Å²) in [6, 6.07) is 6.44. The zero-order valence-corrected chi connectivity index (χ0v) is 16.6. The molecular formula is C21H34N4O2. The van der Waals surface area contributed by atoms with Crippen LogP contribution in [0.15, 0.2) is 24.4 Å². The SMILES string of the molecule is COCCCN1CCC(N2CCCC(C(=O)NCc3ccccn3)C2)CC1. The van der Waals surface area contributed by atoms with Crippen molar-refractivity contribution in [3.63, 3.8) is 0 Å². The van der Waals surface area contributed by atoms with Crippen molar-refractivity contribution < 1.29 is 9.53 Å². The summed E-state index contributed by atoms with van der Waals surface area (Å²) in [7, 11) is 1.77. The molecule has 2 fully saturated rings. The number of carbonyl (C=O) groups excluding carboxylic acids is 1. The quantitative estimate of drug-likeness (QED) is 0.705. The molecule has 1 aromatic heterocycles. The molecule has 0 saturated carbocycles. The van der Waals surface area contributed by atoms with Crippen LogP contribution in [0.2, 0.25) is 0 Å². The highest BCUT2D eigenvalue weighted by atomic mass is 16.5. The summed E-state index contributed by atoms with van der Waals surface area (Å²) in [6.45, 7) is 6.89. The van der Waals surface area contributed by atoms with Crippen LogP contribution in [0.4, 0.5) is 0 Å². The average Bonchev–Trinajstić information content (AvgIpc) is 2.73. The molecule has 3 heterocycles. The summed E-state index contributed by atoms with van der Waals surface area (Å²) in [6.07, 6.45) is 7.44. The number of aromatic nitrogens is 1. The van der Waals surface area contributed by atoms with Crippen LogP contribution < -0.4 is 5.32 Å². The van der Waals surface area contributed by atoms with Gasteiger partial charge in [-0.25, -0.2) is 0 Å². The highest BCUT2D eigenvalue weighted by Crippen LogP contribution is 2.24. The summed E-state index contributed by atoms with van der Waals surface area (Å²) in [5.74, 6) is 0.296. The maximum Gasteiger partial charge on any atom is 0.224 e. The fraction of sp³-hybridized carbons (Fsp3) is 0.714. The van der Waals surface area contributed by atoms with E-state index in [-0.39, 0.29) is 11.8 Å². The molecule has 1 unspecified atom stereocenters. The molecule has 0 aliphatic carbocycles. The minimum atomic E-state index is 0.113. The second-order valence-electron chi connectivity index (χ2n) is 7.79. The van der Waals surface area contributed by atoms with E-state index in [9.17, 15) is 4.79 Å². The third-order valence-corrected chi connectivity index (χ3v) is 5.89. The highest BCUT2D eigenvalue weighted by molar-refractivity contribution is 5.78. The number of rotatable bonds is 8. The molecule has 6 heteroatoms. The first-order chi connectivity index (χ1) is 13.3. The van der Waals surface area contributed by atoms with E-state index in [0.29, 0.717) is 12.6 Å². The molecule has 1 atom stereocenters. The van der Waals surface area contributed by atoms with E-state index in [1.54, 1.807) is 13.3 Å². The third-order valence-electron chi connectivity index (χ3n) is 5.89. The first-order valence-electron chi connectivity index (χ1n) is 10.4. The predicted molar refractivity (Wildman–Crippen MR) is 106 cm³/mol. The van der Waals surface area contributed by atoms with Gasteiger partial charge in [0.05, 0.1) is 18.2 Å². The normalized spacial score (nSPS) is 22.6. The lowest BCUT2D eigenvalue weighted by atomic mass is 9.93. The zero-order valence-electron chi connectivity index (χ0n) is 16.6. The van der Waals surface area contributed by atoms with Crippen molar-refractivity contribution >= 4 is 5.91 Å². The number of methoxy groups -OCH3 is 1. The van der Waals surface area contributed by atoms with Gasteiger partial charge >= 0.3 is 0 Å². The summed E-state index contributed by atoms with van der Waals surface area (Å²) in [5, 5.41) is 3.08. The minimum Gasteiger partial charge on any atom is -0.385 e. The van der Waals surface area contributed by atoms with Gasteiger partial charge in [-0.2, -0.15) is 0 Å². The number of likely N-dealkylation sites (tertiary alicyclic amines) is 2. The van der Waals surface area contributed by atoms with Crippen LogP contribution in [0.1, 0.15) is 37.8 Å². The Balaban J connectivity index is 1.40. The number of amides is 1. The molecule has 27 heavy (non-hydrogen) atoms. The van der Waals surface area contributed by atoms with E-state index in [1.165, 1.54) is 25.9 Å². The maximum absolute atomic E-state index is 12.6. The average molecular weight is 375 g/mol. The van der Waals surface area contributed by atoms with Crippen LogP contribution >= 0.6 is 0 Å². The summed E-state index contributed by atoms with van der Waals surface area (Å²) < 4.78 is 5.15. The number of carbonyl (C=O) groups is 1. The molecular weight excluding hydrogens is 340 g/mol. The zero-order chi connectivity index (χ0) is 18.9. The number of nitrogens with zero attached hydrogens (tertiary/aromatic N) is 3. The molecule has 1 amide bonds. The third kappa shape index (κ3) is 6.26. The molecule has 6 nitrogen and oxygen atoms in total. The number of pyridine rings is 1. The Kier molecular flexibility index (Phi) is 8.05. The van der Waals surface area contributed by atoms with Crippen molar-refractivity contribution in [2.75, 3.05) is 46.4 Å². The molecule has 0 spiro atoms. The van der Waals surface area contributed by atoms with E-state index < -0.39 is 0 Å². The summed E-state index contributed by atoms with van der Waals surface area (Å²) in [5.41, 5.74) is 0.916. The molecule has 2 aliphatic rings. The Morgan fingerprint density at radius 2 is 2.11 bits per heavy atom. The van der Waals surface area contributed by atoms with Crippen LogP contribution in [0.5, 0.6) is 0 Å². The molecule has 0 radical (unpaired) electrons. The van der Waals surface area contributed by atoms with E-state index in [0.717, 1.165) is 51.2 Å². The highest BCUT2D eigenvalue weighted by Gasteiger charge is 2.31. The van der Waals surface area contributed by atoms with Crippen molar-refractivity contribution in [1.82, 2.24) is 20.1 Å². The van der Waals surface area contributed by atoms with E-state index in [1.807, 2.05) is 18.2 Å². The fourth-order valence-electron chi connectivity index (χ4n) is 4.32. The first-order valence-corrected chi connectivity index (χ1v) is 10.4. The van der Waals surface area contributed by atoms with E-state index in [4.69, 9.17) is 4.74 Å². The molecule has 150 valence electrons. The Morgan fingerprint density at radius 1 is 1.26 bits per heavy atom. The number of hydrogen-bond acceptors (Lipinski definition) is 5. The molecule has 0 bridgehead atoms. The van der Waals surface area contributed by atoms with Gasteiger partial charge in [-0.1, -0.05) is 6.07 Å². The minimum absolute atomic E-state index is 0.113. The van der Waals surface area contributed by atoms with Crippen molar-refractivity contribution in [1.29, 1.82) is 0 Å². The Bertz CT molecular complexity index is 561. The van der Waals surface area contributed by atoms with Gasteiger partial charge in [-0.3, -0.25) is 14.7 Å². The maximum atomic E-state index is 12.6. The van der Waals surface area contributed by atoms with Crippen LogP contribution in [-0.4, -0.2) is 73.2 Å². The molecule has 2 saturated heterocycles. The van der Waals surface area contributed by atoms with Crippen LogP contribution in [0, 0.1) is 5.92 Å². The van der Waals surface area contributed by atoms with Crippen LogP contribution in [0.25, 0.3) is 0 Å². The molecule has 0 aromatic carbocycles. The lowest BCUT2D eigenvalue weighted by molar-refractivity contribution is -0.127. The van der Waals surface area contributed by atoms with Crippen molar-refractivity contribution in [3.05, 3.63) is 30.1 Å². The second kappa shape index (κ2) is 10.7. The van der Waals surface area contributed by atoms with E-state index in [2.05, 4.69) is 20.1 Å². The Labute approximate surface area is 163 Å². The smallest absolute Gasteiger partial charge is 0.224 e. The topological polar surface area (TPSA) is 57.7 Å². The molecule has 2 aliphatic heterocycles. The Hall–Kier alpha value is -1.50. The van der Waals surface area contributed by atoms with Gasteiger partial charge in [0.1, 0.15) is 0 Å². The van der Waals surface area contributed by atoms with Crippen LogP contribution in [0.3, 0.4) is 0 Å². The van der Waals surface area contributed by atoms with Gasteiger partial charge < -0.3 is 15.0 Å². The number of hydrogen-bond donors (Lipinski definition) is 1. The van der Waals surface area contributed by atoms with Crippen molar-refractivity contribution in [2.24, 2.45) is 5.92 Å². The van der Waals surface area contributed by atoms with Crippen molar-refractivity contribution in [3.8, 4) is 0 Å². The monoisotopic (exact) mass is 374 g/mol. The largest absolute Gasteiger partial charge is 0.385 e. The summed E-state index contributed by atoms with van der Waals surface area (Å²) in [4.78, 5) is 22.0. The fourth-order valence-corrected chi connectivity index (χ4v) is 4.32. The van der Waals surface area contributed by atoms with Crippen molar-refractivity contribution in [2.45, 2.75) is 44.7 Å². The standard InChI is InChI=1S/C21H34N4O2/c1-27-15-5-11-24-13-8-20(9-14-24)25-12-4-6-18(17-25)21(26)23-16-19-7-2-3-10-22-19/h2-3,7,10,18,20H,4-6,8-9,11-17H2,1H3,(H,23,26). The Morgan fingerprint density at radius 3 is 2.85 bits per heavy atom. The van der Waals surface area contributed by atoms with E-state index >= 15 is 0 Å². The second-order valence-corrected chi connectivity index (χ2v) is 7.79. The van der Waals surface area contributed by atoms with Gasteiger partial charge in [-0.05, 0) is 63.9 Å². The van der Waals surface area contributed by atoms with Gasteiger partial charge in [-0.15, -0.1) is 0 Å². The molecule has 1 aromatic rings. The van der Waals surface area contributed by atoms with Gasteiger partial charge in [0.2, 0.25) is 5.91 Å².